The van der Waals surface area contributed by atoms with Gasteiger partial charge in [-0.3, -0.25) is 0 Å². The summed E-state index contributed by atoms with van der Waals surface area (Å²) < 4.78 is 2.35. The molecule has 1 aromatic heterocycles. The summed E-state index contributed by atoms with van der Waals surface area (Å²) in [6.45, 7) is 10.3. The molecule has 1 aliphatic rings. The van der Waals surface area contributed by atoms with Gasteiger partial charge in [0.05, 0.1) is 6.33 Å². The SMILES string of the molecule is CC(C)Cc1cncn1CC1(C)CCCNC1. The van der Waals surface area contributed by atoms with Crippen molar-refractivity contribution in [3.8, 4) is 0 Å². The predicted molar refractivity (Wildman–Crippen MR) is 71.0 cm³/mol. The lowest BCUT2D eigenvalue weighted by Gasteiger charge is -2.35. The summed E-state index contributed by atoms with van der Waals surface area (Å²) >= 11 is 0. The lowest BCUT2D eigenvalue weighted by molar-refractivity contribution is 0.199. The second kappa shape index (κ2) is 5.21. The van der Waals surface area contributed by atoms with E-state index in [1.165, 1.54) is 25.1 Å². The molecule has 0 aliphatic carbocycles. The van der Waals surface area contributed by atoms with Crippen LogP contribution in [-0.2, 0) is 13.0 Å². The van der Waals surface area contributed by atoms with Gasteiger partial charge in [0.1, 0.15) is 0 Å². The quantitative estimate of drug-likeness (QED) is 0.869. The van der Waals surface area contributed by atoms with Gasteiger partial charge in [0, 0.05) is 25.0 Å². The molecule has 1 unspecified atom stereocenters. The Bertz CT molecular complexity index is 348. The maximum Gasteiger partial charge on any atom is 0.0948 e. The highest BCUT2D eigenvalue weighted by Crippen LogP contribution is 2.28. The molecule has 96 valence electrons. The van der Waals surface area contributed by atoms with E-state index in [1.807, 2.05) is 12.5 Å². The Kier molecular flexibility index (Phi) is 3.87. The Morgan fingerprint density at radius 1 is 1.53 bits per heavy atom. The van der Waals surface area contributed by atoms with Crippen molar-refractivity contribution in [3.63, 3.8) is 0 Å². The minimum atomic E-state index is 0.394. The third-order valence-electron chi connectivity index (χ3n) is 3.65. The van der Waals surface area contributed by atoms with Crippen LogP contribution < -0.4 is 5.32 Å². The number of hydrogen-bond donors (Lipinski definition) is 1. The van der Waals surface area contributed by atoms with E-state index >= 15 is 0 Å². The second-order valence-electron chi connectivity index (χ2n) is 6.20. The van der Waals surface area contributed by atoms with Crippen molar-refractivity contribution >= 4 is 0 Å². The first kappa shape index (κ1) is 12.6. The molecule has 17 heavy (non-hydrogen) atoms. The van der Waals surface area contributed by atoms with E-state index < -0.39 is 0 Å². The first-order valence-electron chi connectivity index (χ1n) is 6.79. The fourth-order valence-electron chi connectivity index (χ4n) is 2.74. The van der Waals surface area contributed by atoms with Crippen molar-refractivity contribution in [2.75, 3.05) is 13.1 Å². The van der Waals surface area contributed by atoms with Gasteiger partial charge >= 0.3 is 0 Å². The minimum Gasteiger partial charge on any atom is -0.334 e. The smallest absolute Gasteiger partial charge is 0.0948 e. The van der Waals surface area contributed by atoms with Gasteiger partial charge in [0.15, 0.2) is 0 Å². The van der Waals surface area contributed by atoms with Crippen LogP contribution in [-0.4, -0.2) is 22.6 Å². The number of imidazole rings is 1. The van der Waals surface area contributed by atoms with E-state index in [0.717, 1.165) is 19.5 Å². The average molecular weight is 235 g/mol. The van der Waals surface area contributed by atoms with Gasteiger partial charge in [-0.15, -0.1) is 0 Å². The minimum absolute atomic E-state index is 0.394. The van der Waals surface area contributed by atoms with E-state index in [2.05, 4.69) is 35.6 Å². The maximum atomic E-state index is 4.31. The van der Waals surface area contributed by atoms with E-state index in [4.69, 9.17) is 0 Å². The molecular weight excluding hydrogens is 210 g/mol. The molecule has 1 aliphatic heterocycles. The highest BCUT2D eigenvalue weighted by atomic mass is 15.1. The van der Waals surface area contributed by atoms with Gasteiger partial charge in [-0.25, -0.2) is 4.98 Å². The van der Waals surface area contributed by atoms with Gasteiger partial charge in [-0.05, 0) is 37.1 Å². The topological polar surface area (TPSA) is 29.9 Å². The third-order valence-corrected chi connectivity index (χ3v) is 3.65. The molecule has 0 radical (unpaired) electrons. The molecule has 0 bridgehead atoms. The first-order chi connectivity index (χ1) is 8.09. The number of nitrogens with one attached hydrogen (secondary N) is 1. The Morgan fingerprint density at radius 2 is 2.35 bits per heavy atom. The average Bonchev–Trinajstić information content (AvgIpc) is 2.65. The summed E-state index contributed by atoms with van der Waals surface area (Å²) in [6, 6.07) is 0. The third kappa shape index (κ3) is 3.32. The largest absolute Gasteiger partial charge is 0.334 e. The second-order valence-corrected chi connectivity index (χ2v) is 6.20. The zero-order chi connectivity index (χ0) is 12.3. The van der Waals surface area contributed by atoms with Crippen LogP contribution >= 0.6 is 0 Å². The Labute approximate surface area is 105 Å². The molecule has 0 aromatic carbocycles. The maximum absolute atomic E-state index is 4.31. The molecule has 0 amide bonds. The number of rotatable bonds is 4. The van der Waals surface area contributed by atoms with Gasteiger partial charge in [-0.1, -0.05) is 20.8 Å². The molecule has 1 atom stereocenters. The van der Waals surface area contributed by atoms with Crippen molar-refractivity contribution in [1.29, 1.82) is 0 Å². The van der Waals surface area contributed by atoms with Gasteiger partial charge in [0.2, 0.25) is 0 Å². The molecule has 1 saturated heterocycles. The summed E-state index contributed by atoms with van der Waals surface area (Å²) in [6.07, 6.45) is 7.77. The lowest BCUT2D eigenvalue weighted by atomic mass is 9.82. The van der Waals surface area contributed by atoms with Crippen LogP contribution in [0.15, 0.2) is 12.5 Å². The highest BCUT2D eigenvalue weighted by molar-refractivity contribution is 5.00. The summed E-state index contributed by atoms with van der Waals surface area (Å²) in [5.41, 5.74) is 1.77. The molecule has 1 aromatic rings. The zero-order valence-electron chi connectivity index (χ0n) is 11.4. The first-order valence-corrected chi connectivity index (χ1v) is 6.79. The lowest BCUT2D eigenvalue weighted by Crippen LogP contribution is -2.40. The number of piperidine rings is 1. The summed E-state index contributed by atoms with van der Waals surface area (Å²) in [5, 5.41) is 3.51. The van der Waals surface area contributed by atoms with Gasteiger partial charge in [-0.2, -0.15) is 0 Å². The number of aromatic nitrogens is 2. The van der Waals surface area contributed by atoms with Crippen LogP contribution in [0.4, 0.5) is 0 Å². The van der Waals surface area contributed by atoms with E-state index in [9.17, 15) is 0 Å². The van der Waals surface area contributed by atoms with Crippen LogP contribution in [0.25, 0.3) is 0 Å². The van der Waals surface area contributed by atoms with Gasteiger partial charge < -0.3 is 9.88 Å². The van der Waals surface area contributed by atoms with Gasteiger partial charge in [0.25, 0.3) is 0 Å². The number of nitrogens with zero attached hydrogens (tertiary/aromatic N) is 2. The van der Waals surface area contributed by atoms with Crippen molar-refractivity contribution in [2.24, 2.45) is 11.3 Å². The van der Waals surface area contributed by atoms with Crippen LogP contribution in [0.3, 0.4) is 0 Å². The van der Waals surface area contributed by atoms with Crippen molar-refractivity contribution in [2.45, 2.75) is 46.6 Å². The monoisotopic (exact) mass is 235 g/mol. The normalized spacial score (nSPS) is 25.4. The molecule has 2 heterocycles. The zero-order valence-corrected chi connectivity index (χ0v) is 11.4. The molecule has 0 spiro atoms. The molecule has 3 nitrogen and oxygen atoms in total. The molecule has 0 saturated carbocycles. The Hall–Kier alpha value is -0.830. The summed E-state index contributed by atoms with van der Waals surface area (Å²) in [4.78, 5) is 4.31. The van der Waals surface area contributed by atoms with Crippen molar-refractivity contribution < 1.29 is 0 Å². The molecule has 1 fully saturated rings. The molecule has 1 N–H and O–H groups in total. The van der Waals surface area contributed by atoms with Crippen LogP contribution in [0.1, 0.15) is 39.3 Å². The fourth-order valence-corrected chi connectivity index (χ4v) is 2.74. The standard InChI is InChI=1S/C14H25N3/c1-12(2)7-13-8-16-11-17(13)10-14(3)5-4-6-15-9-14/h8,11-12,15H,4-7,9-10H2,1-3H3. The van der Waals surface area contributed by atoms with Crippen molar-refractivity contribution in [1.82, 2.24) is 14.9 Å². The Morgan fingerprint density at radius 3 is 3.00 bits per heavy atom. The van der Waals surface area contributed by atoms with Crippen LogP contribution in [0.5, 0.6) is 0 Å². The van der Waals surface area contributed by atoms with Crippen LogP contribution in [0.2, 0.25) is 0 Å². The highest BCUT2D eigenvalue weighted by Gasteiger charge is 2.27. The van der Waals surface area contributed by atoms with E-state index in [1.54, 1.807) is 0 Å². The Balaban J connectivity index is 2.04. The molecular formula is C14H25N3. The molecule has 2 rings (SSSR count). The van der Waals surface area contributed by atoms with E-state index in [-0.39, 0.29) is 0 Å². The summed E-state index contributed by atoms with van der Waals surface area (Å²) in [7, 11) is 0. The fraction of sp³-hybridized carbons (Fsp3) is 0.786. The summed E-state index contributed by atoms with van der Waals surface area (Å²) in [5.74, 6) is 0.697. The predicted octanol–water partition coefficient (Wildman–Crippen LogP) is 2.47. The van der Waals surface area contributed by atoms with E-state index in [0.29, 0.717) is 11.3 Å². The van der Waals surface area contributed by atoms with Crippen LogP contribution in [0, 0.1) is 11.3 Å². The number of hydrogen-bond acceptors (Lipinski definition) is 2. The van der Waals surface area contributed by atoms with Crippen molar-refractivity contribution in [3.05, 3.63) is 18.2 Å². The molecule has 3 heteroatoms.